The van der Waals surface area contributed by atoms with Gasteiger partial charge in [-0.25, -0.2) is 4.79 Å². The Morgan fingerprint density at radius 2 is 2.40 bits per heavy atom. The zero-order valence-electron chi connectivity index (χ0n) is 11.5. The van der Waals surface area contributed by atoms with Gasteiger partial charge in [-0.3, -0.25) is 4.79 Å². The van der Waals surface area contributed by atoms with Crippen molar-refractivity contribution in [3.63, 3.8) is 0 Å². The van der Waals surface area contributed by atoms with Gasteiger partial charge in [-0.1, -0.05) is 13.0 Å². The maximum absolute atomic E-state index is 12.3. The van der Waals surface area contributed by atoms with Crippen molar-refractivity contribution in [1.29, 1.82) is 0 Å². The van der Waals surface area contributed by atoms with Crippen molar-refractivity contribution in [2.45, 2.75) is 32.2 Å². The molecule has 1 saturated heterocycles. The number of thiophene rings is 1. The first-order chi connectivity index (χ1) is 9.61. The molecule has 0 bridgehead atoms. The Morgan fingerprint density at radius 1 is 1.60 bits per heavy atom. The molecule has 110 valence electrons. The van der Waals surface area contributed by atoms with Gasteiger partial charge in [0.05, 0.1) is 12.0 Å². The number of aliphatic carboxylic acids is 1. The highest BCUT2D eigenvalue weighted by Gasteiger charge is 2.29. The van der Waals surface area contributed by atoms with Gasteiger partial charge in [0.1, 0.15) is 0 Å². The van der Waals surface area contributed by atoms with Gasteiger partial charge >= 0.3 is 12.0 Å². The minimum atomic E-state index is -0.812. The van der Waals surface area contributed by atoms with Crippen LogP contribution in [0.4, 0.5) is 4.79 Å². The van der Waals surface area contributed by atoms with Crippen molar-refractivity contribution in [2.75, 3.05) is 13.1 Å². The van der Waals surface area contributed by atoms with Crippen LogP contribution in [0.1, 0.15) is 37.1 Å². The number of likely N-dealkylation sites (tertiary alicyclic amines) is 1. The molecule has 2 amide bonds. The van der Waals surface area contributed by atoms with Crippen LogP contribution >= 0.6 is 11.3 Å². The average molecular weight is 296 g/mol. The standard InChI is InChI=1S/C14H20N2O3S/c1-2-11(12-6-4-8-20-12)15-14(19)16-7-3-5-10(9-16)13(17)18/h4,6,8,10-11H,2-3,5,7,9H2,1H3,(H,15,19)(H,17,18)/t10-,11?/m0/s1. The number of nitrogens with zero attached hydrogens (tertiary/aromatic N) is 1. The van der Waals surface area contributed by atoms with Crippen molar-refractivity contribution < 1.29 is 14.7 Å². The van der Waals surface area contributed by atoms with E-state index in [4.69, 9.17) is 5.11 Å². The summed E-state index contributed by atoms with van der Waals surface area (Å²) >= 11 is 1.62. The Balaban J connectivity index is 1.95. The smallest absolute Gasteiger partial charge is 0.317 e. The van der Waals surface area contributed by atoms with Crippen molar-refractivity contribution in [3.8, 4) is 0 Å². The highest BCUT2D eigenvalue weighted by molar-refractivity contribution is 7.10. The topological polar surface area (TPSA) is 69.6 Å². The van der Waals surface area contributed by atoms with Crippen LogP contribution in [0.3, 0.4) is 0 Å². The molecule has 6 heteroatoms. The fraction of sp³-hybridized carbons (Fsp3) is 0.571. The first-order valence-electron chi connectivity index (χ1n) is 6.93. The molecular formula is C14H20N2O3S. The van der Waals surface area contributed by atoms with Crippen LogP contribution in [0, 0.1) is 5.92 Å². The normalized spacial score (nSPS) is 20.4. The minimum Gasteiger partial charge on any atom is -0.481 e. The number of carboxylic acid groups (broad SMARTS) is 1. The highest BCUT2D eigenvalue weighted by atomic mass is 32.1. The Morgan fingerprint density at radius 3 is 3.00 bits per heavy atom. The maximum Gasteiger partial charge on any atom is 0.317 e. The van der Waals surface area contributed by atoms with E-state index in [-0.39, 0.29) is 12.1 Å². The minimum absolute atomic E-state index is 0.00713. The second kappa shape index (κ2) is 6.74. The number of piperidine rings is 1. The second-order valence-electron chi connectivity index (χ2n) is 5.05. The molecule has 2 rings (SSSR count). The van der Waals surface area contributed by atoms with E-state index in [0.717, 1.165) is 17.7 Å². The van der Waals surface area contributed by atoms with E-state index >= 15 is 0 Å². The number of carboxylic acids is 1. The van der Waals surface area contributed by atoms with Crippen LogP contribution in [0.15, 0.2) is 17.5 Å². The molecule has 2 atom stereocenters. The van der Waals surface area contributed by atoms with Gasteiger partial charge in [0.15, 0.2) is 0 Å². The molecule has 2 heterocycles. The van der Waals surface area contributed by atoms with Crippen LogP contribution in [-0.2, 0) is 4.79 Å². The Kier molecular flexibility index (Phi) is 5.00. The van der Waals surface area contributed by atoms with E-state index in [1.807, 2.05) is 24.4 Å². The number of carbonyl (C=O) groups is 2. The van der Waals surface area contributed by atoms with E-state index in [2.05, 4.69) is 5.32 Å². The molecule has 1 aliphatic heterocycles. The van der Waals surface area contributed by atoms with Gasteiger partial charge in [-0.2, -0.15) is 0 Å². The third-order valence-corrected chi connectivity index (χ3v) is 4.64. The number of hydrogen-bond donors (Lipinski definition) is 2. The van der Waals surface area contributed by atoms with Gasteiger partial charge < -0.3 is 15.3 Å². The van der Waals surface area contributed by atoms with Crippen LogP contribution in [0.2, 0.25) is 0 Å². The number of rotatable bonds is 4. The molecule has 1 aromatic heterocycles. The van der Waals surface area contributed by atoms with E-state index in [1.54, 1.807) is 16.2 Å². The predicted octanol–water partition coefficient (Wildman–Crippen LogP) is 2.71. The fourth-order valence-electron chi connectivity index (χ4n) is 2.47. The largest absolute Gasteiger partial charge is 0.481 e. The summed E-state index contributed by atoms with van der Waals surface area (Å²) < 4.78 is 0. The van der Waals surface area contributed by atoms with Gasteiger partial charge in [-0.05, 0) is 30.7 Å². The summed E-state index contributed by atoms with van der Waals surface area (Å²) in [7, 11) is 0. The zero-order chi connectivity index (χ0) is 14.5. The number of carbonyl (C=O) groups excluding carboxylic acids is 1. The van der Waals surface area contributed by atoms with Crippen molar-refractivity contribution in [2.24, 2.45) is 5.92 Å². The summed E-state index contributed by atoms with van der Waals surface area (Å²) in [6.45, 7) is 2.97. The third kappa shape index (κ3) is 3.50. The summed E-state index contributed by atoms with van der Waals surface area (Å²) in [4.78, 5) is 26.0. The Bertz CT molecular complexity index is 461. The average Bonchev–Trinajstić information content (AvgIpc) is 2.98. The monoisotopic (exact) mass is 296 g/mol. The van der Waals surface area contributed by atoms with Crippen LogP contribution < -0.4 is 5.32 Å². The van der Waals surface area contributed by atoms with E-state index in [0.29, 0.717) is 19.5 Å². The number of urea groups is 1. The highest BCUT2D eigenvalue weighted by Crippen LogP contribution is 2.23. The van der Waals surface area contributed by atoms with Gasteiger partial charge in [-0.15, -0.1) is 11.3 Å². The number of amides is 2. The van der Waals surface area contributed by atoms with E-state index in [9.17, 15) is 9.59 Å². The second-order valence-corrected chi connectivity index (χ2v) is 6.03. The van der Waals surface area contributed by atoms with Gasteiger partial charge in [0.25, 0.3) is 0 Å². The third-order valence-electron chi connectivity index (χ3n) is 3.65. The molecule has 0 aliphatic carbocycles. The Hall–Kier alpha value is -1.56. The molecule has 5 nitrogen and oxygen atoms in total. The van der Waals surface area contributed by atoms with Gasteiger partial charge in [0, 0.05) is 18.0 Å². The summed E-state index contributed by atoms with van der Waals surface area (Å²) in [5, 5.41) is 14.1. The summed E-state index contributed by atoms with van der Waals surface area (Å²) in [6.07, 6.45) is 2.23. The first-order valence-corrected chi connectivity index (χ1v) is 7.81. The zero-order valence-corrected chi connectivity index (χ0v) is 12.4. The number of hydrogen-bond acceptors (Lipinski definition) is 3. The van der Waals surface area contributed by atoms with E-state index in [1.165, 1.54) is 0 Å². The Labute approximate surface area is 122 Å². The van der Waals surface area contributed by atoms with Crippen LogP contribution in [0.25, 0.3) is 0 Å². The maximum atomic E-state index is 12.3. The summed E-state index contributed by atoms with van der Waals surface area (Å²) in [6, 6.07) is 3.83. The lowest BCUT2D eigenvalue weighted by atomic mass is 9.99. The first kappa shape index (κ1) is 14.8. The van der Waals surface area contributed by atoms with Crippen LogP contribution in [-0.4, -0.2) is 35.1 Å². The van der Waals surface area contributed by atoms with Crippen molar-refractivity contribution in [1.82, 2.24) is 10.2 Å². The molecule has 0 saturated carbocycles. The summed E-state index contributed by atoms with van der Waals surface area (Å²) in [5.41, 5.74) is 0. The molecule has 20 heavy (non-hydrogen) atoms. The molecule has 0 spiro atoms. The van der Waals surface area contributed by atoms with Gasteiger partial charge in [0.2, 0.25) is 0 Å². The number of nitrogens with one attached hydrogen (secondary N) is 1. The molecule has 1 fully saturated rings. The summed E-state index contributed by atoms with van der Waals surface area (Å²) in [5.74, 6) is -1.25. The molecule has 1 unspecified atom stereocenters. The van der Waals surface area contributed by atoms with Crippen molar-refractivity contribution >= 4 is 23.3 Å². The predicted molar refractivity (Wildman–Crippen MR) is 77.8 cm³/mol. The lowest BCUT2D eigenvalue weighted by molar-refractivity contribution is -0.143. The van der Waals surface area contributed by atoms with Crippen molar-refractivity contribution in [3.05, 3.63) is 22.4 Å². The molecule has 0 aromatic carbocycles. The molecular weight excluding hydrogens is 276 g/mol. The molecule has 2 N–H and O–H groups in total. The molecule has 0 radical (unpaired) electrons. The quantitative estimate of drug-likeness (QED) is 0.897. The SMILES string of the molecule is CCC(NC(=O)N1CCC[C@H](C(=O)O)C1)c1cccs1. The lowest BCUT2D eigenvalue weighted by Gasteiger charge is -2.32. The lowest BCUT2D eigenvalue weighted by Crippen LogP contribution is -2.47. The van der Waals surface area contributed by atoms with E-state index < -0.39 is 11.9 Å². The van der Waals surface area contributed by atoms with Crippen LogP contribution in [0.5, 0.6) is 0 Å². The molecule has 1 aromatic rings. The fourth-order valence-corrected chi connectivity index (χ4v) is 3.33. The molecule has 1 aliphatic rings.